The lowest BCUT2D eigenvalue weighted by molar-refractivity contribution is -0.131. The van der Waals surface area contributed by atoms with Crippen molar-refractivity contribution in [3.63, 3.8) is 0 Å². The number of aryl methyl sites for hydroxylation is 1. The Kier molecular flexibility index (Phi) is 6.81. The highest BCUT2D eigenvalue weighted by atomic mass is 35.5. The molecule has 0 atom stereocenters. The predicted molar refractivity (Wildman–Crippen MR) is 76.8 cm³/mol. The number of carbonyl (C=O) groups is 1. The molecule has 1 aromatic rings. The first-order chi connectivity index (χ1) is 8.67. The van der Waals surface area contributed by atoms with Gasteiger partial charge in [-0.1, -0.05) is 29.8 Å². The standard InChI is InChI=1S/C15H22ClNO/c1-3-17(15(18)9-4-5-10-16)12-14-8-6-7-13(2)11-14/h6-8,11H,3-5,9-10,12H2,1-2H3. The number of halogens is 1. The van der Waals surface area contributed by atoms with Gasteiger partial charge in [-0.25, -0.2) is 0 Å². The van der Waals surface area contributed by atoms with Gasteiger partial charge in [0.1, 0.15) is 0 Å². The Labute approximate surface area is 115 Å². The Balaban J connectivity index is 2.53. The lowest BCUT2D eigenvalue weighted by atomic mass is 10.1. The molecule has 0 saturated heterocycles. The monoisotopic (exact) mass is 267 g/mol. The fraction of sp³-hybridized carbons (Fsp3) is 0.533. The van der Waals surface area contributed by atoms with Crippen LogP contribution in [-0.2, 0) is 11.3 Å². The van der Waals surface area contributed by atoms with Crippen molar-refractivity contribution in [1.82, 2.24) is 4.90 Å². The summed E-state index contributed by atoms with van der Waals surface area (Å²) in [6, 6.07) is 8.31. The average molecular weight is 268 g/mol. The molecule has 0 aliphatic heterocycles. The molecule has 0 spiro atoms. The van der Waals surface area contributed by atoms with Gasteiger partial charge in [0.2, 0.25) is 5.91 Å². The van der Waals surface area contributed by atoms with Gasteiger partial charge >= 0.3 is 0 Å². The van der Waals surface area contributed by atoms with E-state index in [1.807, 2.05) is 17.9 Å². The molecule has 0 radical (unpaired) electrons. The lowest BCUT2D eigenvalue weighted by Crippen LogP contribution is -2.30. The maximum absolute atomic E-state index is 12.0. The lowest BCUT2D eigenvalue weighted by Gasteiger charge is -2.21. The molecule has 0 N–H and O–H groups in total. The van der Waals surface area contributed by atoms with E-state index >= 15 is 0 Å². The van der Waals surface area contributed by atoms with Crippen LogP contribution >= 0.6 is 11.6 Å². The highest BCUT2D eigenvalue weighted by Crippen LogP contribution is 2.10. The first-order valence-electron chi connectivity index (χ1n) is 6.56. The van der Waals surface area contributed by atoms with Gasteiger partial charge in [-0.2, -0.15) is 0 Å². The molecule has 0 saturated carbocycles. The summed E-state index contributed by atoms with van der Waals surface area (Å²) in [5.41, 5.74) is 2.43. The van der Waals surface area contributed by atoms with Crippen LogP contribution in [0, 0.1) is 6.92 Å². The molecule has 0 aromatic heterocycles. The maximum Gasteiger partial charge on any atom is 0.222 e. The minimum absolute atomic E-state index is 0.226. The summed E-state index contributed by atoms with van der Waals surface area (Å²) in [4.78, 5) is 13.9. The van der Waals surface area contributed by atoms with Gasteiger partial charge in [-0.05, 0) is 32.3 Å². The second-order valence-electron chi connectivity index (χ2n) is 4.54. The number of carbonyl (C=O) groups excluding carboxylic acids is 1. The zero-order valence-electron chi connectivity index (χ0n) is 11.3. The third-order valence-corrected chi connectivity index (χ3v) is 3.23. The molecule has 100 valence electrons. The van der Waals surface area contributed by atoms with Crippen LogP contribution in [0.4, 0.5) is 0 Å². The Bertz CT molecular complexity index is 379. The van der Waals surface area contributed by atoms with E-state index in [0.29, 0.717) is 18.8 Å². The highest BCUT2D eigenvalue weighted by Gasteiger charge is 2.11. The topological polar surface area (TPSA) is 20.3 Å². The largest absolute Gasteiger partial charge is 0.339 e. The molecule has 2 nitrogen and oxygen atoms in total. The van der Waals surface area contributed by atoms with Crippen LogP contribution in [0.15, 0.2) is 24.3 Å². The Morgan fingerprint density at radius 2 is 2.11 bits per heavy atom. The van der Waals surface area contributed by atoms with Crippen molar-refractivity contribution in [2.24, 2.45) is 0 Å². The van der Waals surface area contributed by atoms with E-state index in [-0.39, 0.29) is 5.91 Å². The van der Waals surface area contributed by atoms with Crippen molar-refractivity contribution in [2.75, 3.05) is 12.4 Å². The molecule has 1 aromatic carbocycles. The van der Waals surface area contributed by atoms with Gasteiger partial charge in [0.05, 0.1) is 0 Å². The van der Waals surface area contributed by atoms with E-state index in [2.05, 4.69) is 25.1 Å². The molecule has 0 bridgehead atoms. The molecule has 0 aliphatic rings. The molecular formula is C15H22ClNO. The number of amides is 1. The predicted octanol–water partition coefficient (Wildman–Crippen LogP) is 3.75. The number of alkyl halides is 1. The fourth-order valence-corrected chi connectivity index (χ4v) is 2.13. The summed E-state index contributed by atoms with van der Waals surface area (Å²) in [7, 11) is 0. The smallest absolute Gasteiger partial charge is 0.222 e. The molecule has 0 fully saturated rings. The van der Waals surface area contributed by atoms with Crippen molar-refractivity contribution < 1.29 is 4.79 Å². The van der Waals surface area contributed by atoms with Gasteiger partial charge in [0.25, 0.3) is 0 Å². The van der Waals surface area contributed by atoms with Crippen molar-refractivity contribution >= 4 is 17.5 Å². The number of rotatable bonds is 7. The zero-order valence-corrected chi connectivity index (χ0v) is 12.0. The number of nitrogens with zero attached hydrogens (tertiary/aromatic N) is 1. The van der Waals surface area contributed by atoms with Crippen molar-refractivity contribution in [2.45, 2.75) is 39.7 Å². The van der Waals surface area contributed by atoms with Crippen molar-refractivity contribution in [1.29, 1.82) is 0 Å². The number of hydrogen-bond acceptors (Lipinski definition) is 1. The van der Waals surface area contributed by atoms with Gasteiger partial charge in [-0.3, -0.25) is 4.79 Å². The number of hydrogen-bond donors (Lipinski definition) is 0. The molecule has 0 aliphatic carbocycles. The molecule has 0 heterocycles. The van der Waals surface area contributed by atoms with E-state index in [1.165, 1.54) is 11.1 Å². The van der Waals surface area contributed by atoms with Crippen LogP contribution in [-0.4, -0.2) is 23.2 Å². The SMILES string of the molecule is CCN(Cc1cccc(C)c1)C(=O)CCCCCl. The van der Waals surface area contributed by atoms with Crippen molar-refractivity contribution in [3.05, 3.63) is 35.4 Å². The van der Waals surface area contributed by atoms with Crippen LogP contribution < -0.4 is 0 Å². The van der Waals surface area contributed by atoms with E-state index in [0.717, 1.165) is 19.4 Å². The minimum atomic E-state index is 0.226. The van der Waals surface area contributed by atoms with Crippen molar-refractivity contribution in [3.8, 4) is 0 Å². The molecular weight excluding hydrogens is 246 g/mol. The van der Waals surface area contributed by atoms with Crippen LogP contribution in [0.5, 0.6) is 0 Å². The first kappa shape index (κ1) is 15.0. The number of unbranched alkanes of at least 4 members (excludes halogenated alkanes) is 1. The van der Waals surface area contributed by atoms with Gasteiger partial charge in [0, 0.05) is 25.4 Å². The molecule has 1 amide bonds. The summed E-state index contributed by atoms with van der Waals surface area (Å²) in [5, 5.41) is 0. The normalized spacial score (nSPS) is 10.4. The third kappa shape index (κ3) is 5.09. The first-order valence-corrected chi connectivity index (χ1v) is 7.10. The second kappa shape index (κ2) is 8.15. The van der Waals surface area contributed by atoms with E-state index < -0.39 is 0 Å². The summed E-state index contributed by atoms with van der Waals surface area (Å²) in [6.07, 6.45) is 2.40. The number of benzene rings is 1. The quantitative estimate of drug-likeness (QED) is 0.544. The van der Waals surface area contributed by atoms with E-state index in [9.17, 15) is 4.79 Å². The Hall–Kier alpha value is -1.02. The molecule has 1 rings (SSSR count). The summed E-state index contributed by atoms with van der Waals surface area (Å²) < 4.78 is 0. The second-order valence-corrected chi connectivity index (χ2v) is 4.92. The van der Waals surface area contributed by atoms with E-state index in [4.69, 9.17) is 11.6 Å². The summed E-state index contributed by atoms with van der Waals surface area (Å²) in [6.45, 7) is 5.56. The Morgan fingerprint density at radius 1 is 1.33 bits per heavy atom. The third-order valence-electron chi connectivity index (χ3n) is 2.96. The summed E-state index contributed by atoms with van der Waals surface area (Å²) in [5.74, 6) is 0.862. The van der Waals surface area contributed by atoms with Gasteiger partial charge < -0.3 is 4.90 Å². The highest BCUT2D eigenvalue weighted by molar-refractivity contribution is 6.17. The van der Waals surface area contributed by atoms with Crippen LogP contribution in [0.1, 0.15) is 37.3 Å². The van der Waals surface area contributed by atoms with Gasteiger partial charge in [-0.15, -0.1) is 11.6 Å². The van der Waals surface area contributed by atoms with Gasteiger partial charge in [0.15, 0.2) is 0 Å². The molecule has 0 unspecified atom stereocenters. The van der Waals surface area contributed by atoms with Crippen LogP contribution in [0.3, 0.4) is 0 Å². The minimum Gasteiger partial charge on any atom is -0.339 e. The average Bonchev–Trinajstić information content (AvgIpc) is 2.36. The molecule has 18 heavy (non-hydrogen) atoms. The Morgan fingerprint density at radius 3 is 2.72 bits per heavy atom. The maximum atomic E-state index is 12.0. The van der Waals surface area contributed by atoms with Crippen LogP contribution in [0.25, 0.3) is 0 Å². The fourth-order valence-electron chi connectivity index (χ4n) is 1.94. The molecule has 3 heteroatoms. The van der Waals surface area contributed by atoms with E-state index in [1.54, 1.807) is 0 Å². The zero-order chi connectivity index (χ0) is 13.4. The van der Waals surface area contributed by atoms with Crippen LogP contribution in [0.2, 0.25) is 0 Å². The summed E-state index contributed by atoms with van der Waals surface area (Å²) >= 11 is 5.62.